The monoisotopic (exact) mass is 500 g/mol. The van der Waals surface area contributed by atoms with Crippen molar-refractivity contribution in [3.8, 4) is 10.6 Å². The molecule has 1 aliphatic carbocycles. The Bertz CT molecular complexity index is 1220. The van der Waals surface area contributed by atoms with Gasteiger partial charge in [-0.2, -0.15) is 4.98 Å². The number of nitrogens with zero attached hydrogens (tertiary/aromatic N) is 4. The van der Waals surface area contributed by atoms with Crippen LogP contribution in [0.5, 0.6) is 0 Å². The average Bonchev–Trinajstić information content (AvgIpc) is 3.54. The summed E-state index contributed by atoms with van der Waals surface area (Å²) in [4.78, 5) is 18.7. The van der Waals surface area contributed by atoms with Gasteiger partial charge in [-0.15, -0.1) is 23.1 Å². The maximum absolute atomic E-state index is 10.6. The van der Waals surface area contributed by atoms with Gasteiger partial charge in [-0.05, 0) is 31.7 Å². The van der Waals surface area contributed by atoms with E-state index in [4.69, 9.17) is 15.0 Å². The Morgan fingerprint density at radius 3 is 2.68 bits per heavy atom. The second-order valence-electron chi connectivity index (χ2n) is 8.83. The highest BCUT2D eigenvalue weighted by Crippen LogP contribution is 2.38. The van der Waals surface area contributed by atoms with E-state index in [2.05, 4.69) is 27.1 Å². The van der Waals surface area contributed by atoms with Crippen LogP contribution in [-0.2, 0) is 0 Å². The van der Waals surface area contributed by atoms with E-state index in [1.165, 1.54) is 0 Å². The van der Waals surface area contributed by atoms with Crippen molar-refractivity contribution in [3.63, 3.8) is 0 Å². The van der Waals surface area contributed by atoms with E-state index in [0.717, 1.165) is 44.5 Å². The molecule has 0 aromatic carbocycles. The molecule has 2 aliphatic rings. The van der Waals surface area contributed by atoms with E-state index in [9.17, 15) is 15.3 Å². The Balaban J connectivity index is 1.52. The highest BCUT2D eigenvalue weighted by atomic mass is 32.2. The Morgan fingerprint density at radius 2 is 1.97 bits per heavy atom. The van der Waals surface area contributed by atoms with Crippen molar-refractivity contribution in [2.24, 2.45) is 11.8 Å². The third-order valence-electron chi connectivity index (χ3n) is 6.43. The smallest absolute Gasteiger partial charge is 0.224 e. The number of thioether (sulfide) groups is 1. The lowest BCUT2D eigenvalue weighted by Crippen LogP contribution is -2.35. The van der Waals surface area contributed by atoms with Gasteiger partial charge in [0.15, 0.2) is 0 Å². The molecule has 2 unspecified atom stereocenters. The number of aliphatic hydroxyl groups excluding tert-OH is 3. The summed E-state index contributed by atoms with van der Waals surface area (Å²) in [6.45, 7) is 4.40. The predicted molar refractivity (Wildman–Crippen MR) is 136 cm³/mol. The minimum atomic E-state index is -1.01. The van der Waals surface area contributed by atoms with Crippen molar-refractivity contribution in [3.05, 3.63) is 35.1 Å². The van der Waals surface area contributed by atoms with Crippen LogP contribution >= 0.6 is 23.1 Å². The number of rotatable bonds is 7. The molecule has 1 fully saturated rings. The summed E-state index contributed by atoms with van der Waals surface area (Å²) in [7, 11) is 0. The number of nitrogens with one attached hydrogen (secondary N) is 2. The summed E-state index contributed by atoms with van der Waals surface area (Å²) in [5.74, 6) is 2.11. The van der Waals surface area contributed by atoms with Crippen molar-refractivity contribution in [1.29, 1.82) is 0 Å². The highest BCUT2D eigenvalue weighted by molar-refractivity contribution is 8.02. The zero-order valence-corrected chi connectivity index (χ0v) is 20.6. The van der Waals surface area contributed by atoms with E-state index in [-0.39, 0.29) is 12.5 Å². The second-order valence-corrected chi connectivity index (χ2v) is 10.8. The fraction of sp³-hybridized carbons (Fsp3) is 0.478. The lowest BCUT2D eigenvalue weighted by molar-refractivity contribution is 0.00446. The topological polar surface area (TPSA) is 136 Å². The molecule has 11 heteroatoms. The molecule has 34 heavy (non-hydrogen) atoms. The zero-order chi connectivity index (χ0) is 23.8. The molecule has 180 valence electrons. The van der Waals surface area contributed by atoms with Gasteiger partial charge < -0.3 is 26.0 Å². The minimum absolute atomic E-state index is 0.185. The van der Waals surface area contributed by atoms with Gasteiger partial charge in [0, 0.05) is 36.9 Å². The van der Waals surface area contributed by atoms with Gasteiger partial charge >= 0.3 is 0 Å². The molecule has 0 amide bonds. The fourth-order valence-electron chi connectivity index (χ4n) is 4.48. The third kappa shape index (κ3) is 4.50. The van der Waals surface area contributed by atoms with Gasteiger partial charge in [0.25, 0.3) is 0 Å². The van der Waals surface area contributed by atoms with Crippen LogP contribution in [0.3, 0.4) is 0 Å². The quantitative estimate of drug-likeness (QED) is 0.329. The third-order valence-corrected chi connectivity index (χ3v) is 8.44. The number of hydrogen-bond acceptors (Lipinski definition) is 11. The first-order chi connectivity index (χ1) is 16.4. The van der Waals surface area contributed by atoms with Crippen LogP contribution < -0.4 is 10.6 Å². The first-order valence-corrected chi connectivity index (χ1v) is 13.2. The van der Waals surface area contributed by atoms with Crippen LogP contribution in [0.1, 0.15) is 17.8 Å². The Labute approximate surface area is 205 Å². The largest absolute Gasteiger partial charge is 0.396 e. The van der Waals surface area contributed by atoms with Crippen LogP contribution in [0.2, 0.25) is 0 Å². The van der Waals surface area contributed by atoms with E-state index in [1.807, 2.05) is 19.9 Å². The lowest BCUT2D eigenvalue weighted by Gasteiger charge is -2.21. The van der Waals surface area contributed by atoms with E-state index in [0.29, 0.717) is 24.1 Å². The van der Waals surface area contributed by atoms with Gasteiger partial charge in [-0.3, -0.25) is 4.98 Å². The molecule has 5 atom stereocenters. The number of aromatic nitrogens is 4. The summed E-state index contributed by atoms with van der Waals surface area (Å²) >= 11 is 3.33. The predicted octanol–water partition coefficient (Wildman–Crippen LogP) is 2.57. The van der Waals surface area contributed by atoms with E-state index < -0.39 is 18.2 Å². The van der Waals surface area contributed by atoms with Crippen molar-refractivity contribution >= 4 is 45.1 Å². The molecule has 0 saturated heterocycles. The fourth-order valence-corrected chi connectivity index (χ4v) is 6.51. The average molecular weight is 501 g/mol. The van der Waals surface area contributed by atoms with Gasteiger partial charge in [-0.25, -0.2) is 9.97 Å². The number of anilines is 2. The molecule has 1 aliphatic heterocycles. The van der Waals surface area contributed by atoms with Crippen LogP contribution in [-0.4, -0.2) is 72.4 Å². The van der Waals surface area contributed by atoms with Crippen LogP contribution in [0.15, 0.2) is 23.7 Å². The lowest BCUT2D eigenvalue weighted by atomic mass is 10.1. The summed E-state index contributed by atoms with van der Waals surface area (Å²) in [5, 5.41) is 40.1. The number of aryl methyl sites for hydroxylation is 2. The molecule has 0 spiro atoms. The minimum Gasteiger partial charge on any atom is -0.396 e. The molecular weight excluding hydrogens is 472 g/mol. The van der Waals surface area contributed by atoms with Crippen molar-refractivity contribution in [2.75, 3.05) is 29.5 Å². The molecule has 5 N–H and O–H groups in total. The van der Waals surface area contributed by atoms with Gasteiger partial charge in [0.2, 0.25) is 5.95 Å². The van der Waals surface area contributed by atoms with Crippen molar-refractivity contribution < 1.29 is 15.3 Å². The Hall–Kier alpha value is -2.31. The second kappa shape index (κ2) is 9.74. The van der Waals surface area contributed by atoms with Crippen LogP contribution in [0, 0.1) is 25.7 Å². The molecule has 5 rings (SSSR count). The molecule has 3 aromatic heterocycles. The number of hydrogen-bond donors (Lipinski definition) is 5. The number of fused-ring (bicyclic) bond motifs is 1. The molecule has 1 saturated carbocycles. The first kappa shape index (κ1) is 23.4. The molecule has 4 heterocycles. The highest BCUT2D eigenvalue weighted by Gasteiger charge is 2.41. The maximum atomic E-state index is 10.6. The number of thiazole rings is 1. The van der Waals surface area contributed by atoms with Crippen molar-refractivity contribution in [2.45, 2.75) is 38.5 Å². The molecule has 3 aromatic rings. The number of aliphatic hydroxyl groups is 3. The summed E-state index contributed by atoms with van der Waals surface area (Å²) in [6, 6.07) is 1.48. The van der Waals surface area contributed by atoms with Gasteiger partial charge in [-0.1, -0.05) is 6.08 Å². The molecular formula is C23H28N6O3S2. The standard InChI is InChI=1S/C23H28N6O3S2/c1-11-17(22-28-18-12(2)24-5-3-16(18)34-22)21(27-15-7-14(9-30)19(31)20(15)32)29-23(26-11)25-8-13-4-6-33-10-13/h3-6,13-15,19-20,30-32H,7-10H2,1-2H3,(H2,25,26,27,29)/t13?,14-,15?,19-,20+/m1/s1. The molecule has 9 nitrogen and oxygen atoms in total. The normalized spacial score (nSPS) is 26.4. The van der Waals surface area contributed by atoms with Gasteiger partial charge in [0.05, 0.1) is 33.8 Å². The maximum Gasteiger partial charge on any atom is 0.224 e. The molecule has 0 bridgehead atoms. The van der Waals surface area contributed by atoms with Crippen LogP contribution in [0.25, 0.3) is 20.8 Å². The van der Waals surface area contributed by atoms with Crippen LogP contribution in [0.4, 0.5) is 11.8 Å². The summed E-state index contributed by atoms with van der Waals surface area (Å²) in [5.41, 5.74) is 3.22. The summed E-state index contributed by atoms with van der Waals surface area (Å²) < 4.78 is 1.03. The van der Waals surface area contributed by atoms with E-state index in [1.54, 1.807) is 29.3 Å². The SMILES string of the molecule is Cc1nc(NCC2C=CSC2)nc(NC2C[C@H](CO)[C@@H](O)[C@H]2O)c1-c1nc2c(C)nccc2s1. The molecule has 0 radical (unpaired) electrons. The Morgan fingerprint density at radius 1 is 1.12 bits per heavy atom. The van der Waals surface area contributed by atoms with Crippen molar-refractivity contribution in [1.82, 2.24) is 19.9 Å². The van der Waals surface area contributed by atoms with E-state index >= 15 is 0 Å². The van der Waals surface area contributed by atoms with Gasteiger partial charge in [0.1, 0.15) is 22.4 Å². The number of pyridine rings is 1. The zero-order valence-electron chi connectivity index (χ0n) is 19.0. The Kier molecular flexibility index (Phi) is 6.72. The first-order valence-electron chi connectivity index (χ1n) is 11.3. The summed E-state index contributed by atoms with van der Waals surface area (Å²) in [6.07, 6.45) is 2.38.